The minimum Gasteiger partial charge on any atom is -0.486 e. The van der Waals surface area contributed by atoms with Gasteiger partial charge in [0, 0.05) is 30.8 Å². The molecule has 4 rings (SSSR count). The first-order chi connectivity index (χ1) is 13.0. The number of halogens is 2. The van der Waals surface area contributed by atoms with Gasteiger partial charge >= 0.3 is 0 Å². The van der Waals surface area contributed by atoms with E-state index in [0.29, 0.717) is 30.4 Å². The number of fused-ring (bicyclic) bond motifs is 1. The molecule has 2 aliphatic heterocycles. The molecule has 8 heteroatoms. The Labute approximate surface area is 153 Å². The third-order valence-corrected chi connectivity index (χ3v) is 4.52. The highest BCUT2D eigenvalue weighted by atomic mass is 19.1. The molecule has 2 aliphatic rings. The highest BCUT2D eigenvalue weighted by molar-refractivity contribution is 6.03. The Kier molecular flexibility index (Phi) is 4.39. The van der Waals surface area contributed by atoms with Crippen molar-refractivity contribution >= 4 is 23.2 Å². The van der Waals surface area contributed by atoms with E-state index < -0.39 is 23.5 Å². The number of carbonyl (C=O) groups excluding carboxylic acids is 2. The van der Waals surface area contributed by atoms with E-state index in [4.69, 9.17) is 9.47 Å². The summed E-state index contributed by atoms with van der Waals surface area (Å²) in [5, 5.41) is 2.36. The van der Waals surface area contributed by atoms with E-state index >= 15 is 0 Å². The number of ether oxygens (including phenoxy) is 2. The van der Waals surface area contributed by atoms with Crippen molar-refractivity contribution in [1.29, 1.82) is 0 Å². The Morgan fingerprint density at radius 1 is 1.07 bits per heavy atom. The molecule has 0 radical (unpaired) electrons. The molecule has 2 amide bonds. The number of benzene rings is 2. The zero-order valence-corrected chi connectivity index (χ0v) is 14.2. The summed E-state index contributed by atoms with van der Waals surface area (Å²) in [4.78, 5) is 26.3. The summed E-state index contributed by atoms with van der Waals surface area (Å²) in [6, 6.07) is 7.94. The van der Waals surface area contributed by atoms with Crippen LogP contribution in [0.15, 0.2) is 36.4 Å². The smallest absolute Gasteiger partial charge is 0.229 e. The van der Waals surface area contributed by atoms with Gasteiger partial charge < -0.3 is 19.7 Å². The molecule has 2 aromatic rings. The minimum absolute atomic E-state index is 0.0167. The molecule has 0 aromatic heterocycles. The van der Waals surface area contributed by atoms with Gasteiger partial charge in [-0.1, -0.05) is 0 Å². The lowest BCUT2D eigenvalue weighted by Crippen LogP contribution is -2.28. The van der Waals surface area contributed by atoms with Crippen molar-refractivity contribution in [3.8, 4) is 11.5 Å². The molecule has 0 spiro atoms. The summed E-state index contributed by atoms with van der Waals surface area (Å²) in [6.45, 7) is 1.03. The van der Waals surface area contributed by atoms with E-state index in [1.165, 1.54) is 4.90 Å². The molecule has 1 fully saturated rings. The van der Waals surface area contributed by atoms with Crippen LogP contribution < -0.4 is 19.7 Å². The van der Waals surface area contributed by atoms with Gasteiger partial charge in [-0.25, -0.2) is 8.78 Å². The Hall–Kier alpha value is -3.16. The van der Waals surface area contributed by atoms with E-state index in [1.807, 2.05) is 0 Å². The van der Waals surface area contributed by atoms with Crippen molar-refractivity contribution in [2.45, 2.75) is 6.42 Å². The summed E-state index contributed by atoms with van der Waals surface area (Å²) in [5.41, 5.74) is 0.349. The molecule has 140 valence electrons. The third kappa shape index (κ3) is 3.42. The van der Waals surface area contributed by atoms with Gasteiger partial charge in [0.1, 0.15) is 24.8 Å². The first-order valence-electron chi connectivity index (χ1n) is 8.47. The predicted molar refractivity (Wildman–Crippen MR) is 92.9 cm³/mol. The van der Waals surface area contributed by atoms with Gasteiger partial charge in [0.25, 0.3) is 0 Å². The number of carbonyl (C=O) groups is 2. The second-order valence-corrected chi connectivity index (χ2v) is 6.35. The lowest BCUT2D eigenvalue weighted by Gasteiger charge is -2.22. The third-order valence-electron chi connectivity index (χ3n) is 4.52. The second-order valence-electron chi connectivity index (χ2n) is 6.35. The second kappa shape index (κ2) is 6.86. The van der Waals surface area contributed by atoms with Gasteiger partial charge in [0.15, 0.2) is 11.5 Å². The topological polar surface area (TPSA) is 67.9 Å². The van der Waals surface area contributed by atoms with Crippen LogP contribution in [0.5, 0.6) is 11.5 Å². The Bertz CT molecular complexity index is 919. The maximum absolute atomic E-state index is 13.7. The number of nitrogens with one attached hydrogen (secondary N) is 1. The molecule has 2 aromatic carbocycles. The van der Waals surface area contributed by atoms with E-state index in [-0.39, 0.29) is 24.6 Å². The monoisotopic (exact) mass is 374 g/mol. The van der Waals surface area contributed by atoms with Crippen LogP contribution in [0.25, 0.3) is 0 Å². The van der Waals surface area contributed by atoms with Crippen molar-refractivity contribution in [3.05, 3.63) is 48.0 Å². The molecule has 0 saturated carbocycles. The Morgan fingerprint density at radius 3 is 2.67 bits per heavy atom. The van der Waals surface area contributed by atoms with E-state index in [9.17, 15) is 18.4 Å². The normalized spacial score (nSPS) is 18.5. The van der Waals surface area contributed by atoms with Gasteiger partial charge in [-0.15, -0.1) is 0 Å². The SMILES string of the molecule is O=C(Nc1cc(F)ccc1F)[C@H]1CC(=O)N(c2ccc3c(c2)OCCO3)C1. The van der Waals surface area contributed by atoms with Crippen LogP contribution in [0.4, 0.5) is 20.2 Å². The highest BCUT2D eigenvalue weighted by Gasteiger charge is 2.36. The number of hydrogen-bond acceptors (Lipinski definition) is 4. The van der Waals surface area contributed by atoms with Crippen molar-refractivity contribution in [3.63, 3.8) is 0 Å². The lowest BCUT2D eigenvalue weighted by atomic mass is 10.1. The van der Waals surface area contributed by atoms with Crippen LogP contribution in [0.1, 0.15) is 6.42 Å². The molecule has 0 bridgehead atoms. The summed E-state index contributed by atoms with van der Waals surface area (Å²) in [7, 11) is 0. The number of rotatable bonds is 3. The molecular weight excluding hydrogens is 358 g/mol. The first-order valence-corrected chi connectivity index (χ1v) is 8.47. The van der Waals surface area contributed by atoms with Gasteiger partial charge in [0.05, 0.1) is 11.6 Å². The molecule has 2 heterocycles. The van der Waals surface area contributed by atoms with E-state index in [1.54, 1.807) is 18.2 Å². The fourth-order valence-electron chi connectivity index (χ4n) is 3.16. The molecule has 27 heavy (non-hydrogen) atoms. The number of hydrogen-bond donors (Lipinski definition) is 1. The molecule has 0 aliphatic carbocycles. The summed E-state index contributed by atoms with van der Waals surface area (Å²) in [6.07, 6.45) is -0.0167. The summed E-state index contributed by atoms with van der Waals surface area (Å²) in [5.74, 6) is -1.69. The van der Waals surface area contributed by atoms with E-state index in [2.05, 4.69) is 5.32 Å². The van der Waals surface area contributed by atoms with Gasteiger partial charge in [0.2, 0.25) is 11.8 Å². The molecule has 1 saturated heterocycles. The quantitative estimate of drug-likeness (QED) is 0.897. The van der Waals surface area contributed by atoms with Gasteiger partial charge in [-0.3, -0.25) is 9.59 Å². The maximum atomic E-state index is 13.7. The molecule has 6 nitrogen and oxygen atoms in total. The molecule has 0 unspecified atom stereocenters. The number of nitrogens with zero attached hydrogens (tertiary/aromatic N) is 1. The zero-order valence-electron chi connectivity index (χ0n) is 14.2. The number of amides is 2. The van der Waals surface area contributed by atoms with Crippen molar-refractivity contribution in [1.82, 2.24) is 0 Å². The van der Waals surface area contributed by atoms with Crippen molar-refractivity contribution in [2.24, 2.45) is 5.92 Å². The van der Waals surface area contributed by atoms with Crippen molar-refractivity contribution in [2.75, 3.05) is 30.0 Å². The van der Waals surface area contributed by atoms with Crippen molar-refractivity contribution < 1.29 is 27.8 Å². The standard InChI is InChI=1S/C19H16F2N2O4/c20-12-1-3-14(21)15(8-12)22-19(25)11-7-18(24)23(10-11)13-2-4-16-17(9-13)27-6-5-26-16/h1-4,8-9,11H,5-7,10H2,(H,22,25)/t11-/m0/s1. The van der Waals surface area contributed by atoms with Crippen LogP contribution in [-0.2, 0) is 9.59 Å². The average molecular weight is 374 g/mol. The zero-order chi connectivity index (χ0) is 19.0. The fraction of sp³-hybridized carbons (Fsp3) is 0.263. The number of anilines is 2. The van der Waals surface area contributed by atoms with Crippen LogP contribution in [0.3, 0.4) is 0 Å². The predicted octanol–water partition coefficient (Wildman–Crippen LogP) is 2.73. The minimum atomic E-state index is -0.738. The fourth-order valence-corrected chi connectivity index (χ4v) is 3.16. The maximum Gasteiger partial charge on any atom is 0.229 e. The first kappa shape index (κ1) is 17.3. The molecular formula is C19H16F2N2O4. The van der Waals surface area contributed by atoms with Gasteiger partial charge in [-0.05, 0) is 24.3 Å². The molecule has 1 N–H and O–H groups in total. The Morgan fingerprint density at radius 2 is 1.85 bits per heavy atom. The van der Waals surface area contributed by atoms with Crippen LogP contribution in [0, 0.1) is 17.6 Å². The highest BCUT2D eigenvalue weighted by Crippen LogP contribution is 2.36. The average Bonchev–Trinajstić information content (AvgIpc) is 3.06. The van der Waals surface area contributed by atoms with Crippen LogP contribution in [-0.4, -0.2) is 31.6 Å². The molecule has 1 atom stereocenters. The lowest BCUT2D eigenvalue weighted by molar-refractivity contribution is -0.122. The van der Waals surface area contributed by atoms with E-state index in [0.717, 1.165) is 18.2 Å². The largest absolute Gasteiger partial charge is 0.486 e. The summed E-state index contributed by atoms with van der Waals surface area (Å²) < 4.78 is 37.9. The van der Waals surface area contributed by atoms with Crippen LogP contribution >= 0.6 is 0 Å². The summed E-state index contributed by atoms with van der Waals surface area (Å²) >= 11 is 0. The Balaban J connectivity index is 1.49. The van der Waals surface area contributed by atoms with Crippen LogP contribution in [0.2, 0.25) is 0 Å². The van der Waals surface area contributed by atoms with Gasteiger partial charge in [-0.2, -0.15) is 0 Å².